The lowest BCUT2D eigenvalue weighted by atomic mass is 10.1. The molecule has 1 amide bonds. The zero-order valence-corrected chi connectivity index (χ0v) is 15.5. The molecule has 0 spiro atoms. The molecule has 1 fully saturated rings. The van der Waals surface area contributed by atoms with Gasteiger partial charge in [0.1, 0.15) is 0 Å². The van der Waals surface area contributed by atoms with Crippen molar-refractivity contribution in [3.63, 3.8) is 0 Å². The van der Waals surface area contributed by atoms with Crippen LogP contribution in [0.15, 0.2) is 29.2 Å². The molecule has 0 aliphatic carbocycles. The van der Waals surface area contributed by atoms with Crippen molar-refractivity contribution in [1.29, 1.82) is 0 Å². The molecule has 1 aliphatic rings. The van der Waals surface area contributed by atoms with E-state index >= 15 is 0 Å². The standard InChI is InChI=1S/C15H23N3O4S.ClH/c1-15(2,16)11-17-23(20,21)13-5-3-12(4-6-13)14(19)18-7-9-22-10-8-18;/h3-6,17H,7-11,16H2,1-2H3;1H. The molecule has 0 atom stereocenters. The number of hydrogen-bond donors (Lipinski definition) is 2. The number of halogens is 1. The van der Waals surface area contributed by atoms with Gasteiger partial charge in [-0.25, -0.2) is 13.1 Å². The Morgan fingerprint density at radius 1 is 1.25 bits per heavy atom. The van der Waals surface area contributed by atoms with Gasteiger partial charge in [0, 0.05) is 30.7 Å². The second-order valence-corrected chi connectivity index (χ2v) is 8.01. The van der Waals surface area contributed by atoms with Crippen LogP contribution in [-0.2, 0) is 14.8 Å². The zero-order valence-electron chi connectivity index (χ0n) is 13.8. The van der Waals surface area contributed by atoms with Gasteiger partial charge < -0.3 is 15.4 Å². The average Bonchev–Trinajstić information content (AvgIpc) is 2.53. The van der Waals surface area contributed by atoms with Gasteiger partial charge in [-0.05, 0) is 38.1 Å². The van der Waals surface area contributed by atoms with Gasteiger partial charge in [-0.2, -0.15) is 0 Å². The maximum Gasteiger partial charge on any atom is 0.254 e. The zero-order chi connectivity index (χ0) is 17.1. The highest BCUT2D eigenvalue weighted by molar-refractivity contribution is 7.89. The number of carbonyl (C=O) groups is 1. The summed E-state index contributed by atoms with van der Waals surface area (Å²) in [5.41, 5.74) is 5.60. The first-order valence-corrected chi connectivity index (χ1v) is 8.93. The number of hydrogen-bond acceptors (Lipinski definition) is 5. The largest absolute Gasteiger partial charge is 0.378 e. The summed E-state index contributed by atoms with van der Waals surface area (Å²) < 4.78 is 32.0. The average molecular weight is 378 g/mol. The summed E-state index contributed by atoms with van der Waals surface area (Å²) in [6.07, 6.45) is 0. The van der Waals surface area contributed by atoms with Crippen molar-refractivity contribution in [3.05, 3.63) is 29.8 Å². The van der Waals surface area contributed by atoms with E-state index in [1.165, 1.54) is 24.3 Å². The van der Waals surface area contributed by atoms with Crippen molar-refractivity contribution in [3.8, 4) is 0 Å². The SMILES string of the molecule is CC(C)(N)CNS(=O)(=O)c1ccc(C(=O)N2CCOCC2)cc1.Cl. The lowest BCUT2D eigenvalue weighted by Gasteiger charge is -2.26. The molecule has 1 aromatic rings. The molecule has 0 bridgehead atoms. The van der Waals surface area contributed by atoms with E-state index in [4.69, 9.17) is 10.5 Å². The molecule has 2 rings (SSSR count). The van der Waals surface area contributed by atoms with Crippen LogP contribution >= 0.6 is 12.4 Å². The topological polar surface area (TPSA) is 102 Å². The van der Waals surface area contributed by atoms with Crippen LogP contribution in [0.25, 0.3) is 0 Å². The Hall–Kier alpha value is -1.19. The summed E-state index contributed by atoms with van der Waals surface area (Å²) >= 11 is 0. The van der Waals surface area contributed by atoms with E-state index in [0.29, 0.717) is 31.9 Å². The van der Waals surface area contributed by atoms with Crippen molar-refractivity contribution >= 4 is 28.3 Å². The summed E-state index contributed by atoms with van der Waals surface area (Å²) in [5.74, 6) is -0.117. The molecular formula is C15H24ClN3O4S. The Balaban J connectivity index is 0.00000288. The van der Waals surface area contributed by atoms with Crippen LogP contribution < -0.4 is 10.5 Å². The number of benzene rings is 1. The highest BCUT2D eigenvalue weighted by atomic mass is 35.5. The third-order valence-electron chi connectivity index (χ3n) is 3.43. The maximum atomic E-state index is 12.3. The minimum absolute atomic E-state index is 0. The number of sulfonamides is 1. The van der Waals surface area contributed by atoms with E-state index in [1.807, 2.05) is 0 Å². The van der Waals surface area contributed by atoms with E-state index in [0.717, 1.165) is 0 Å². The first kappa shape index (κ1) is 20.9. The summed E-state index contributed by atoms with van der Waals surface area (Å²) in [4.78, 5) is 14.1. The van der Waals surface area contributed by atoms with Crippen molar-refractivity contribution in [2.75, 3.05) is 32.8 Å². The molecule has 0 radical (unpaired) electrons. The molecule has 1 heterocycles. The van der Waals surface area contributed by atoms with Crippen molar-refractivity contribution < 1.29 is 17.9 Å². The van der Waals surface area contributed by atoms with Gasteiger partial charge in [0.05, 0.1) is 18.1 Å². The summed E-state index contributed by atoms with van der Waals surface area (Å²) in [7, 11) is -3.64. The molecule has 0 unspecified atom stereocenters. The minimum Gasteiger partial charge on any atom is -0.378 e. The van der Waals surface area contributed by atoms with Crippen LogP contribution in [0.4, 0.5) is 0 Å². The van der Waals surface area contributed by atoms with Gasteiger partial charge in [-0.1, -0.05) is 0 Å². The Bertz CT molecular complexity index is 650. The molecule has 0 saturated carbocycles. The van der Waals surface area contributed by atoms with Gasteiger partial charge in [-0.3, -0.25) is 4.79 Å². The number of amides is 1. The monoisotopic (exact) mass is 377 g/mol. The van der Waals surface area contributed by atoms with Gasteiger partial charge in [0.2, 0.25) is 10.0 Å². The lowest BCUT2D eigenvalue weighted by molar-refractivity contribution is 0.0303. The first-order chi connectivity index (χ1) is 10.7. The van der Waals surface area contributed by atoms with E-state index in [2.05, 4.69) is 4.72 Å². The minimum atomic E-state index is -3.64. The number of nitrogens with zero attached hydrogens (tertiary/aromatic N) is 1. The summed E-state index contributed by atoms with van der Waals surface area (Å²) in [6.45, 7) is 5.75. The molecule has 3 N–H and O–H groups in total. The highest BCUT2D eigenvalue weighted by Gasteiger charge is 2.21. The molecular weight excluding hydrogens is 354 g/mol. The van der Waals surface area contributed by atoms with Crippen molar-refractivity contribution in [2.24, 2.45) is 5.73 Å². The van der Waals surface area contributed by atoms with Crippen LogP contribution in [-0.4, -0.2) is 57.6 Å². The number of nitrogens with one attached hydrogen (secondary N) is 1. The number of morpholine rings is 1. The quantitative estimate of drug-likeness (QED) is 0.782. The Morgan fingerprint density at radius 2 is 1.79 bits per heavy atom. The van der Waals surface area contributed by atoms with Gasteiger partial charge in [0.15, 0.2) is 0 Å². The molecule has 7 nitrogen and oxygen atoms in total. The normalized spacial score (nSPS) is 15.7. The third kappa shape index (κ3) is 5.71. The molecule has 0 aromatic heterocycles. The van der Waals surface area contributed by atoms with Gasteiger partial charge in [-0.15, -0.1) is 12.4 Å². The van der Waals surface area contributed by atoms with E-state index < -0.39 is 15.6 Å². The van der Waals surface area contributed by atoms with E-state index in [9.17, 15) is 13.2 Å². The Morgan fingerprint density at radius 3 is 2.29 bits per heavy atom. The molecule has 1 aromatic carbocycles. The van der Waals surface area contributed by atoms with Crippen LogP contribution in [0.1, 0.15) is 24.2 Å². The van der Waals surface area contributed by atoms with Crippen LogP contribution in [0.2, 0.25) is 0 Å². The Labute approximate surface area is 149 Å². The molecule has 9 heteroatoms. The van der Waals surface area contributed by atoms with Gasteiger partial charge >= 0.3 is 0 Å². The number of nitrogens with two attached hydrogens (primary N) is 1. The predicted octanol–water partition coefficient (Wildman–Crippen LogP) is 0.596. The van der Waals surface area contributed by atoms with Crippen LogP contribution in [0.3, 0.4) is 0 Å². The molecule has 24 heavy (non-hydrogen) atoms. The fourth-order valence-corrected chi connectivity index (χ4v) is 3.31. The number of rotatable bonds is 5. The summed E-state index contributed by atoms with van der Waals surface area (Å²) in [6, 6.07) is 5.92. The molecule has 136 valence electrons. The Kier molecular flexibility index (Phi) is 7.18. The predicted molar refractivity (Wildman–Crippen MR) is 93.9 cm³/mol. The van der Waals surface area contributed by atoms with Crippen molar-refractivity contribution in [2.45, 2.75) is 24.3 Å². The smallest absolute Gasteiger partial charge is 0.254 e. The highest BCUT2D eigenvalue weighted by Crippen LogP contribution is 2.13. The number of ether oxygens (including phenoxy) is 1. The van der Waals surface area contributed by atoms with Crippen LogP contribution in [0.5, 0.6) is 0 Å². The van der Waals surface area contributed by atoms with Gasteiger partial charge in [0.25, 0.3) is 5.91 Å². The fraction of sp³-hybridized carbons (Fsp3) is 0.533. The van der Waals surface area contributed by atoms with Crippen molar-refractivity contribution in [1.82, 2.24) is 9.62 Å². The fourth-order valence-electron chi connectivity index (χ4n) is 2.09. The van der Waals surface area contributed by atoms with E-state index in [1.54, 1.807) is 18.7 Å². The summed E-state index contributed by atoms with van der Waals surface area (Å²) in [5, 5.41) is 0. The third-order valence-corrected chi connectivity index (χ3v) is 4.84. The molecule has 1 saturated heterocycles. The molecule has 1 aliphatic heterocycles. The van der Waals surface area contributed by atoms with E-state index in [-0.39, 0.29) is 29.8 Å². The maximum absolute atomic E-state index is 12.3. The number of carbonyl (C=O) groups excluding carboxylic acids is 1. The van der Waals surface area contributed by atoms with Crippen LogP contribution in [0, 0.1) is 0 Å². The lowest BCUT2D eigenvalue weighted by Crippen LogP contribution is -2.45. The second kappa shape index (κ2) is 8.26. The second-order valence-electron chi connectivity index (χ2n) is 6.24. The first-order valence-electron chi connectivity index (χ1n) is 7.45.